The van der Waals surface area contributed by atoms with Crippen molar-refractivity contribution in [2.75, 3.05) is 5.73 Å². The normalized spacial score (nSPS) is 9.31. The number of carbonyl (C=O) groups excluding carboxylic acids is 1. The van der Waals surface area contributed by atoms with Crippen molar-refractivity contribution in [2.24, 2.45) is 0 Å². The summed E-state index contributed by atoms with van der Waals surface area (Å²) in [6.45, 7) is 2.00. The molecule has 0 aliphatic rings. The summed E-state index contributed by atoms with van der Waals surface area (Å²) >= 11 is 0. The summed E-state index contributed by atoms with van der Waals surface area (Å²) in [5.74, 6) is -0.180. The summed E-state index contributed by atoms with van der Waals surface area (Å²) in [5, 5.41) is 9.27. The van der Waals surface area contributed by atoms with Gasteiger partial charge < -0.3 is 15.6 Å². The van der Waals surface area contributed by atoms with Crippen molar-refractivity contribution in [1.82, 2.24) is 0 Å². The van der Waals surface area contributed by atoms with Crippen LogP contribution in [0.25, 0.3) is 0 Å². The molecule has 0 unspecified atom stereocenters. The third-order valence-electron chi connectivity index (χ3n) is 2.00. The Balaban J connectivity index is 0.00000225. The molecule has 3 N–H and O–H groups in total. The Labute approximate surface area is 101 Å². The Morgan fingerprint density at radius 2 is 2.19 bits per heavy atom. The fraction of sp³-hybridized carbons (Fsp3) is 0.364. The molecule has 0 aliphatic carbocycles. The van der Waals surface area contributed by atoms with Crippen LogP contribution in [0.15, 0.2) is 18.2 Å². The molecule has 0 bridgehead atoms. The van der Waals surface area contributed by atoms with E-state index < -0.39 is 0 Å². The Morgan fingerprint density at radius 3 is 2.81 bits per heavy atom. The summed E-state index contributed by atoms with van der Waals surface area (Å²) in [6.07, 6.45) is 2.09. The molecule has 0 atom stereocenters. The molecule has 90 valence electrons. The average Bonchev–Trinajstić information content (AvgIpc) is 2.22. The van der Waals surface area contributed by atoms with Crippen LogP contribution in [0.1, 0.15) is 26.2 Å². The molecule has 0 saturated carbocycles. The van der Waals surface area contributed by atoms with Gasteiger partial charge in [0.05, 0.1) is 0 Å². The van der Waals surface area contributed by atoms with E-state index in [0.717, 1.165) is 12.8 Å². The first kappa shape index (κ1) is 14.6. The topological polar surface area (TPSA) is 72.5 Å². The summed E-state index contributed by atoms with van der Waals surface area (Å²) in [4.78, 5) is 11.3. The number of carbonyl (C=O) groups is 1. The minimum absolute atomic E-state index is 0. The molecule has 0 aliphatic heterocycles. The number of hydrogen-bond acceptors (Lipinski definition) is 4. The molecule has 0 amide bonds. The van der Waals surface area contributed by atoms with E-state index in [1.165, 1.54) is 6.07 Å². The second kappa shape index (κ2) is 6.95. The number of anilines is 1. The van der Waals surface area contributed by atoms with E-state index in [0.29, 0.717) is 6.42 Å². The lowest BCUT2D eigenvalue weighted by molar-refractivity contribution is -0.134. The van der Waals surface area contributed by atoms with Crippen molar-refractivity contribution >= 4 is 24.1 Å². The van der Waals surface area contributed by atoms with Crippen molar-refractivity contribution < 1.29 is 14.6 Å². The lowest BCUT2D eigenvalue weighted by Crippen LogP contribution is -2.08. The fourth-order valence-corrected chi connectivity index (χ4v) is 1.12. The van der Waals surface area contributed by atoms with Crippen LogP contribution >= 0.6 is 12.4 Å². The highest BCUT2D eigenvalue weighted by molar-refractivity contribution is 5.85. The van der Waals surface area contributed by atoms with Crippen molar-refractivity contribution in [3.8, 4) is 11.5 Å². The van der Waals surface area contributed by atoms with Gasteiger partial charge in [-0.3, -0.25) is 4.79 Å². The maximum absolute atomic E-state index is 11.3. The number of para-hydroxylation sites is 1. The number of phenolic OH excluding ortho intramolecular Hbond substituents is 1. The molecule has 0 aromatic heterocycles. The predicted octanol–water partition coefficient (Wildman–Crippen LogP) is 2.49. The lowest BCUT2D eigenvalue weighted by Gasteiger charge is -2.07. The summed E-state index contributed by atoms with van der Waals surface area (Å²) < 4.78 is 5.00. The van der Waals surface area contributed by atoms with Crippen LogP contribution in [-0.4, -0.2) is 11.1 Å². The van der Waals surface area contributed by atoms with E-state index in [1.807, 2.05) is 6.92 Å². The maximum atomic E-state index is 11.3. The number of esters is 1. The number of hydrogen-bond donors (Lipinski definition) is 2. The Kier molecular flexibility index (Phi) is 6.34. The van der Waals surface area contributed by atoms with E-state index >= 15 is 0 Å². The second-order valence-corrected chi connectivity index (χ2v) is 3.27. The van der Waals surface area contributed by atoms with Gasteiger partial charge in [-0.05, 0) is 18.6 Å². The molecule has 16 heavy (non-hydrogen) atoms. The number of nitrogen functional groups attached to an aromatic ring is 1. The van der Waals surface area contributed by atoms with Gasteiger partial charge in [0.15, 0.2) is 5.75 Å². The number of benzene rings is 1. The molecule has 4 nitrogen and oxygen atoms in total. The first-order valence-corrected chi connectivity index (χ1v) is 4.93. The molecule has 0 spiro atoms. The van der Waals surface area contributed by atoms with Gasteiger partial charge in [-0.25, -0.2) is 0 Å². The number of ether oxygens (including phenoxy) is 1. The quantitative estimate of drug-likeness (QED) is 0.370. The van der Waals surface area contributed by atoms with Crippen LogP contribution in [0.4, 0.5) is 5.69 Å². The van der Waals surface area contributed by atoms with E-state index in [4.69, 9.17) is 10.5 Å². The van der Waals surface area contributed by atoms with E-state index in [1.54, 1.807) is 12.1 Å². The van der Waals surface area contributed by atoms with Gasteiger partial charge in [0.2, 0.25) is 0 Å². The van der Waals surface area contributed by atoms with Gasteiger partial charge in [-0.1, -0.05) is 19.4 Å². The zero-order valence-corrected chi connectivity index (χ0v) is 9.92. The van der Waals surface area contributed by atoms with Crippen LogP contribution in [0.3, 0.4) is 0 Å². The molecule has 0 radical (unpaired) electrons. The standard InChI is InChI=1S/C11H15NO3.ClH/c1-2-3-7-10(14)15-9-6-4-5-8(13)11(9)12;/h4-6,13H,2-3,7,12H2,1H3;1H. The largest absolute Gasteiger partial charge is 0.506 e. The monoisotopic (exact) mass is 245 g/mol. The van der Waals surface area contributed by atoms with Gasteiger partial charge >= 0.3 is 5.97 Å². The highest BCUT2D eigenvalue weighted by Crippen LogP contribution is 2.30. The zero-order valence-electron chi connectivity index (χ0n) is 9.10. The highest BCUT2D eigenvalue weighted by Gasteiger charge is 2.09. The number of phenols is 1. The second-order valence-electron chi connectivity index (χ2n) is 3.27. The van der Waals surface area contributed by atoms with Gasteiger partial charge in [0.1, 0.15) is 11.4 Å². The Bertz CT molecular complexity index is 355. The van der Waals surface area contributed by atoms with E-state index in [-0.39, 0.29) is 35.6 Å². The smallest absolute Gasteiger partial charge is 0.311 e. The first-order valence-electron chi connectivity index (χ1n) is 4.93. The minimum atomic E-state index is -0.325. The summed E-state index contributed by atoms with van der Waals surface area (Å²) in [5.41, 5.74) is 5.63. The zero-order chi connectivity index (χ0) is 11.3. The van der Waals surface area contributed by atoms with Crippen molar-refractivity contribution in [3.05, 3.63) is 18.2 Å². The van der Waals surface area contributed by atoms with Gasteiger partial charge in [-0.15, -0.1) is 12.4 Å². The number of aromatic hydroxyl groups is 1. The molecule has 0 fully saturated rings. The number of halogens is 1. The van der Waals surface area contributed by atoms with E-state index in [2.05, 4.69) is 0 Å². The number of unbranched alkanes of at least 4 members (excludes halogenated alkanes) is 1. The Hall–Kier alpha value is -1.42. The predicted molar refractivity (Wildman–Crippen MR) is 64.9 cm³/mol. The van der Waals surface area contributed by atoms with Crippen LogP contribution in [0.5, 0.6) is 11.5 Å². The molecular weight excluding hydrogens is 230 g/mol. The van der Waals surface area contributed by atoms with Gasteiger partial charge in [-0.2, -0.15) is 0 Å². The van der Waals surface area contributed by atoms with Crippen LogP contribution in [-0.2, 0) is 4.79 Å². The summed E-state index contributed by atoms with van der Waals surface area (Å²) in [7, 11) is 0. The minimum Gasteiger partial charge on any atom is -0.506 e. The van der Waals surface area contributed by atoms with Crippen LogP contribution in [0, 0.1) is 0 Å². The molecule has 0 heterocycles. The SMILES string of the molecule is CCCCC(=O)Oc1cccc(O)c1N.Cl. The number of rotatable bonds is 4. The average molecular weight is 246 g/mol. The van der Waals surface area contributed by atoms with Crippen molar-refractivity contribution in [2.45, 2.75) is 26.2 Å². The number of nitrogens with two attached hydrogens (primary N) is 1. The third kappa shape index (κ3) is 3.98. The van der Waals surface area contributed by atoms with Gasteiger partial charge in [0, 0.05) is 6.42 Å². The van der Waals surface area contributed by atoms with Gasteiger partial charge in [0.25, 0.3) is 0 Å². The van der Waals surface area contributed by atoms with Crippen LogP contribution in [0.2, 0.25) is 0 Å². The highest BCUT2D eigenvalue weighted by atomic mass is 35.5. The first-order chi connectivity index (χ1) is 7.15. The molecular formula is C11H16ClNO3. The van der Waals surface area contributed by atoms with Crippen molar-refractivity contribution in [3.63, 3.8) is 0 Å². The molecule has 5 heteroatoms. The lowest BCUT2D eigenvalue weighted by atomic mass is 10.2. The van der Waals surface area contributed by atoms with Crippen molar-refractivity contribution in [1.29, 1.82) is 0 Å². The summed E-state index contributed by atoms with van der Waals surface area (Å²) in [6, 6.07) is 4.58. The van der Waals surface area contributed by atoms with Crippen LogP contribution < -0.4 is 10.5 Å². The van der Waals surface area contributed by atoms with E-state index in [9.17, 15) is 9.90 Å². The molecule has 1 aromatic rings. The third-order valence-corrected chi connectivity index (χ3v) is 2.00. The fourth-order valence-electron chi connectivity index (χ4n) is 1.12. The maximum Gasteiger partial charge on any atom is 0.311 e. The molecule has 1 rings (SSSR count). The Morgan fingerprint density at radius 1 is 1.50 bits per heavy atom. The molecule has 0 saturated heterocycles. The molecule has 1 aromatic carbocycles.